The van der Waals surface area contributed by atoms with E-state index in [2.05, 4.69) is 43.4 Å². The molecule has 0 bridgehead atoms. The smallest absolute Gasteiger partial charge is 0.133 e. The third-order valence-corrected chi connectivity index (χ3v) is 4.96. The van der Waals surface area contributed by atoms with Crippen LogP contribution in [-0.4, -0.2) is 24.4 Å². The van der Waals surface area contributed by atoms with Crippen LogP contribution in [0.5, 0.6) is 5.75 Å². The largest absolute Gasteiger partial charge is 0.487 e. The number of hydrogen-bond donors (Lipinski definition) is 1. The molecule has 2 unspecified atom stereocenters. The van der Waals surface area contributed by atoms with Gasteiger partial charge in [-0.25, -0.2) is 0 Å². The normalized spacial score (nSPS) is 19.2. The molecule has 1 aromatic carbocycles. The van der Waals surface area contributed by atoms with Crippen LogP contribution in [0.25, 0.3) is 0 Å². The van der Waals surface area contributed by atoms with E-state index in [0.29, 0.717) is 12.1 Å². The van der Waals surface area contributed by atoms with Gasteiger partial charge in [-0.1, -0.05) is 51.7 Å². The van der Waals surface area contributed by atoms with Gasteiger partial charge in [0.25, 0.3) is 0 Å². The maximum absolute atomic E-state index is 6.22. The van der Waals surface area contributed by atoms with E-state index in [1.165, 1.54) is 37.0 Å². The van der Waals surface area contributed by atoms with E-state index < -0.39 is 0 Å². The molecule has 2 rings (SSSR count). The van der Waals surface area contributed by atoms with Gasteiger partial charge < -0.3 is 10.1 Å². The van der Waals surface area contributed by atoms with E-state index in [-0.39, 0.29) is 0 Å². The topological polar surface area (TPSA) is 21.3 Å². The number of para-hydroxylation sites is 1. The zero-order chi connectivity index (χ0) is 14.2. The lowest BCUT2D eigenvalue weighted by molar-refractivity contribution is 0.159. The number of thioether (sulfide) groups is 1. The van der Waals surface area contributed by atoms with Crippen LogP contribution < -0.4 is 10.1 Å². The first-order chi connectivity index (χ1) is 9.85. The van der Waals surface area contributed by atoms with Gasteiger partial charge in [0, 0.05) is 16.7 Å². The third-order valence-electron chi connectivity index (χ3n) is 3.81. The molecular formula is C17H27NOS. The standard InChI is InChI=1S/C17H27NOS/c1-3-5-6-7-10-14(18-4-2)16-13-20-17-12-9-8-11-15(17)19-16/h8-9,11-12,14,16,18H,3-7,10,13H2,1-2H3. The average molecular weight is 293 g/mol. The lowest BCUT2D eigenvalue weighted by Gasteiger charge is -2.32. The number of ether oxygens (including phenoxy) is 1. The molecule has 1 heterocycles. The number of hydrogen-bond acceptors (Lipinski definition) is 3. The maximum Gasteiger partial charge on any atom is 0.133 e. The van der Waals surface area contributed by atoms with Crippen molar-refractivity contribution >= 4 is 11.8 Å². The zero-order valence-corrected chi connectivity index (χ0v) is 13.5. The van der Waals surface area contributed by atoms with E-state index in [0.717, 1.165) is 18.0 Å². The Morgan fingerprint density at radius 3 is 2.90 bits per heavy atom. The summed E-state index contributed by atoms with van der Waals surface area (Å²) in [5, 5.41) is 3.62. The summed E-state index contributed by atoms with van der Waals surface area (Å²) in [5.74, 6) is 2.12. The molecule has 0 saturated carbocycles. The first-order valence-electron chi connectivity index (χ1n) is 7.97. The molecule has 112 valence electrons. The Morgan fingerprint density at radius 1 is 1.25 bits per heavy atom. The van der Waals surface area contributed by atoms with Crippen LogP contribution in [-0.2, 0) is 0 Å². The summed E-state index contributed by atoms with van der Waals surface area (Å²) in [6.45, 7) is 5.47. The van der Waals surface area contributed by atoms with E-state index in [1.54, 1.807) is 0 Å². The van der Waals surface area contributed by atoms with Crippen molar-refractivity contribution in [1.29, 1.82) is 0 Å². The number of fused-ring (bicyclic) bond motifs is 1. The predicted molar refractivity (Wildman–Crippen MR) is 87.8 cm³/mol. The molecule has 0 fully saturated rings. The van der Waals surface area contributed by atoms with Crippen molar-refractivity contribution < 1.29 is 4.74 Å². The summed E-state index contributed by atoms with van der Waals surface area (Å²) in [4.78, 5) is 1.28. The first kappa shape index (κ1) is 15.7. The lowest BCUT2D eigenvalue weighted by Crippen LogP contribution is -2.45. The summed E-state index contributed by atoms with van der Waals surface area (Å²) in [6.07, 6.45) is 6.82. The fraction of sp³-hybridized carbons (Fsp3) is 0.647. The highest BCUT2D eigenvalue weighted by Gasteiger charge is 2.27. The van der Waals surface area contributed by atoms with E-state index in [1.807, 2.05) is 11.8 Å². The second-order valence-electron chi connectivity index (χ2n) is 5.43. The molecule has 1 aromatic rings. The second-order valence-corrected chi connectivity index (χ2v) is 6.49. The summed E-state index contributed by atoms with van der Waals surface area (Å²) < 4.78 is 6.22. The molecule has 20 heavy (non-hydrogen) atoms. The highest BCUT2D eigenvalue weighted by Crippen LogP contribution is 2.36. The van der Waals surface area contributed by atoms with Crippen molar-refractivity contribution in [3.05, 3.63) is 24.3 Å². The summed E-state index contributed by atoms with van der Waals surface area (Å²) in [7, 11) is 0. The highest BCUT2D eigenvalue weighted by atomic mass is 32.2. The van der Waals surface area contributed by atoms with Crippen molar-refractivity contribution in [3.63, 3.8) is 0 Å². The van der Waals surface area contributed by atoms with Gasteiger partial charge in [-0.15, -0.1) is 11.8 Å². The van der Waals surface area contributed by atoms with Crippen molar-refractivity contribution in [2.75, 3.05) is 12.3 Å². The fourth-order valence-corrected chi connectivity index (χ4v) is 3.78. The monoisotopic (exact) mass is 293 g/mol. The van der Waals surface area contributed by atoms with Gasteiger partial charge in [-0.3, -0.25) is 0 Å². The Hall–Kier alpha value is -0.670. The molecule has 0 radical (unpaired) electrons. The second kappa shape index (κ2) is 8.58. The van der Waals surface area contributed by atoms with Crippen LogP contribution in [0.3, 0.4) is 0 Å². The molecule has 1 aliphatic rings. The Bertz CT molecular complexity index is 396. The first-order valence-corrected chi connectivity index (χ1v) is 8.95. The van der Waals surface area contributed by atoms with Crippen molar-refractivity contribution in [2.24, 2.45) is 0 Å². The van der Waals surface area contributed by atoms with Crippen LogP contribution in [0.2, 0.25) is 0 Å². The summed E-state index contributed by atoms with van der Waals surface area (Å²) in [5.41, 5.74) is 0. The van der Waals surface area contributed by atoms with Crippen molar-refractivity contribution in [2.45, 2.75) is 63.0 Å². The molecule has 3 heteroatoms. The van der Waals surface area contributed by atoms with Crippen molar-refractivity contribution in [3.8, 4) is 5.75 Å². The average Bonchev–Trinajstić information content (AvgIpc) is 2.50. The Kier molecular flexibility index (Phi) is 6.74. The highest BCUT2D eigenvalue weighted by molar-refractivity contribution is 7.99. The Morgan fingerprint density at radius 2 is 2.10 bits per heavy atom. The van der Waals surface area contributed by atoms with E-state index in [9.17, 15) is 0 Å². The fourth-order valence-electron chi connectivity index (χ4n) is 2.71. The molecule has 0 saturated heterocycles. The minimum Gasteiger partial charge on any atom is -0.487 e. The molecule has 1 aliphatic heterocycles. The lowest BCUT2D eigenvalue weighted by atomic mass is 10.0. The molecule has 2 nitrogen and oxygen atoms in total. The number of unbranched alkanes of at least 4 members (excludes halogenated alkanes) is 3. The number of benzene rings is 1. The van der Waals surface area contributed by atoms with E-state index >= 15 is 0 Å². The van der Waals surface area contributed by atoms with Gasteiger partial charge in [0.05, 0.1) is 0 Å². The molecule has 0 amide bonds. The van der Waals surface area contributed by atoms with Crippen LogP contribution in [0, 0.1) is 0 Å². The van der Waals surface area contributed by atoms with Gasteiger partial charge in [-0.2, -0.15) is 0 Å². The third kappa shape index (κ3) is 4.42. The summed E-state index contributed by atoms with van der Waals surface area (Å²) in [6, 6.07) is 8.87. The van der Waals surface area contributed by atoms with Crippen LogP contribution >= 0.6 is 11.8 Å². The summed E-state index contributed by atoms with van der Waals surface area (Å²) >= 11 is 1.93. The maximum atomic E-state index is 6.22. The Labute approximate surface area is 127 Å². The van der Waals surface area contributed by atoms with Gasteiger partial charge >= 0.3 is 0 Å². The number of nitrogens with one attached hydrogen (secondary N) is 1. The molecule has 0 aliphatic carbocycles. The Balaban J connectivity index is 1.90. The quantitative estimate of drug-likeness (QED) is 0.714. The van der Waals surface area contributed by atoms with Crippen LogP contribution in [0.1, 0.15) is 46.0 Å². The van der Waals surface area contributed by atoms with Crippen molar-refractivity contribution in [1.82, 2.24) is 5.32 Å². The zero-order valence-electron chi connectivity index (χ0n) is 12.7. The minimum absolute atomic E-state index is 0.302. The van der Waals surface area contributed by atoms with Gasteiger partial charge in [-0.05, 0) is 25.1 Å². The van der Waals surface area contributed by atoms with Crippen LogP contribution in [0.15, 0.2) is 29.2 Å². The van der Waals surface area contributed by atoms with Gasteiger partial charge in [0.2, 0.25) is 0 Å². The molecule has 0 aromatic heterocycles. The van der Waals surface area contributed by atoms with E-state index in [4.69, 9.17) is 4.74 Å². The van der Waals surface area contributed by atoms with Gasteiger partial charge in [0.1, 0.15) is 11.9 Å². The minimum atomic E-state index is 0.302. The molecule has 1 N–H and O–H groups in total. The van der Waals surface area contributed by atoms with Crippen LogP contribution in [0.4, 0.5) is 0 Å². The SMILES string of the molecule is CCCCCCC(NCC)C1CSc2ccccc2O1. The molecule has 2 atom stereocenters. The van der Waals surface area contributed by atoms with Gasteiger partial charge in [0.15, 0.2) is 0 Å². The predicted octanol–water partition coefficient (Wildman–Crippen LogP) is 4.49. The molecular weight excluding hydrogens is 266 g/mol. The molecule has 0 spiro atoms. The number of likely N-dealkylation sites (N-methyl/N-ethyl adjacent to an activating group) is 1. The number of rotatable bonds is 8.